The Balaban J connectivity index is 0. The summed E-state index contributed by atoms with van der Waals surface area (Å²) >= 11 is 0. The van der Waals surface area contributed by atoms with Crippen LogP contribution in [0.5, 0.6) is 0 Å². The van der Waals surface area contributed by atoms with Crippen LogP contribution in [0.25, 0.3) is 0 Å². The molecule has 1 amide bonds. The van der Waals surface area contributed by atoms with Gasteiger partial charge in [0.2, 0.25) is 0 Å². The first kappa shape index (κ1) is 9.93. The van der Waals surface area contributed by atoms with Crippen molar-refractivity contribution in [2.75, 3.05) is 6.54 Å². The Morgan fingerprint density at radius 3 is 2.43 bits per heavy atom. The number of aldehydes is 1. The normalized spacial score (nSPS) is 5.71. The maximum Gasteiger partial charge on any atom is 0.136 e. The van der Waals surface area contributed by atoms with Gasteiger partial charge in [-0.05, 0) is 0 Å². The second-order valence-corrected chi connectivity index (χ2v) is 0.650. The second-order valence-electron chi connectivity index (χ2n) is 0.650. The van der Waals surface area contributed by atoms with Crippen molar-refractivity contribution >= 4 is 12.7 Å². The first-order valence-corrected chi connectivity index (χ1v) is 1.45. The molecule has 1 radical (unpaired) electrons. The molecule has 0 fully saturated rings. The van der Waals surface area contributed by atoms with Crippen LogP contribution in [0.2, 0.25) is 0 Å². The van der Waals surface area contributed by atoms with E-state index in [1.807, 2.05) is 5.32 Å². The van der Waals surface area contributed by atoms with Gasteiger partial charge < -0.3 is 14.9 Å². The summed E-state index contributed by atoms with van der Waals surface area (Å²) in [4.78, 5) is 18.5. The quantitative estimate of drug-likeness (QED) is 0.305. The molecule has 7 heavy (non-hydrogen) atoms. The number of carbonyl (C=O) groups is 1. The zero-order chi connectivity index (χ0) is 4.83. The van der Waals surface area contributed by atoms with Gasteiger partial charge in [-0.2, -0.15) is 6.41 Å². The Morgan fingerprint density at radius 2 is 2.29 bits per heavy atom. The number of nitrogens with one attached hydrogen (secondary N) is 1. The van der Waals surface area contributed by atoms with Crippen molar-refractivity contribution in [1.82, 2.24) is 5.32 Å². The van der Waals surface area contributed by atoms with Crippen LogP contribution in [0, 0.1) is 0 Å². The number of rotatable bonds is 3. The summed E-state index contributed by atoms with van der Waals surface area (Å²) in [7, 11) is 0. The van der Waals surface area contributed by atoms with E-state index in [2.05, 4.69) is 0 Å². The van der Waals surface area contributed by atoms with Crippen molar-refractivity contribution in [3.05, 3.63) is 0 Å². The number of hydrogen-bond acceptors (Lipinski definition) is 2. The zero-order valence-electron chi connectivity index (χ0n) is 3.48. The van der Waals surface area contributed by atoms with Crippen LogP contribution >= 0.6 is 0 Å². The van der Waals surface area contributed by atoms with E-state index < -0.39 is 0 Å². The predicted molar refractivity (Wildman–Crippen MR) is 19.8 cm³/mol. The average Bonchev–Trinajstić information content (AvgIpc) is 1.61. The second kappa shape index (κ2) is 9.26. The van der Waals surface area contributed by atoms with Crippen molar-refractivity contribution in [2.24, 2.45) is 0 Å². The fourth-order valence-electron chi connectivity index (χ4n) is 0.0833. The Labute approximate surface area is 55.1 Å². The molecule has 0 saturated heterocycles. The summed E-state index contributed by atoms with van der Waals surface area (Å²) in [5, 5.41) is 2.02. The molecule has 0 bridgehead atoms. The molecule has 0 unspecified atom stereocenters. The van der Waals surface area contributed by atoms with Crippen LogP contribution in [0.3, 0.4) is 0 Å². The molecule has 0 rings (SSSR count). The fraction of sp³-hybridized carbons (Fsp3) is 0.333. The van der Waals surface area contributed by atoms with Gasteiger partial charge in [0.1, 0.15) is 6.29 Å². The van der Waals surface area contributed by atoms with E-state index in [0.29, 0.717) is 6.29 Å². The topological polar surface area (TPSA) is 46.2 Å². The standard InChI is InChI=1S/C3H4NO2.Re/c5-2-1-4-3-6;/h2H,1H2,(H,4,6);/q-1;. The first-order chi connectivity index (χ1) is 2.91. The number of hydrogen-bond donors (Lipinski definition) is 1. The van der Waals surface area contributed by atoms with E-state index in [4.69, 9.17) is 4.79 Å². The van der Waals surface area contributed by atoms with Gasteiger partial charge in [0.15, 0.2) is 0 Å². The van der Waals surface area contributed by atoms with E-state index >= 15 is 0 Å². The molecule has 0 atom stereocenters. The van der Waals surface area contributed by atoms with Gasteiger partial charge in [-0.3, -0.25) is 0 Å². The molecule has 4 heteroatoms. The minimum absolute atomic E-state index is 0. The molecule has 0 aliphatic carbocycles. The van der Waals surface area contributed by atoms with E-state index in [1.54, 1.807) is 0 Å². The molecule has 41 valence electrons. The monoisotopic (exact) mass is 273 g/mol. The first-order valence-electron chi connectivity index (χ1n) is 1.45. The third-order valence-electron chi connectivity index (χ3n) is 0.258. The third kappa shape index (κ3) is 10.7. The van der Waals surface area contributed by atoms with E-state index in [-0.39, 0.29) is 27.0 Å². The van der Waals surface area contributed by atoms with Gasteiger partial charge >= 0.3 is 0 Å². The van der Waals surface area contributed by atoms with E-state index in [9.17, 15) is 4.79 Å². The molecule has 0 aliphatic rings. The summed E-state index contributed by atoms with van der Waals surface area (Å²) in [6.07, 6.45) is 1.93. The van der Waals surface area contributed by atoms with Gasteiger partial charge in [-0.25, -0.2) is 0 Å². The van der Waals surface area contributed by atoms with Crippen LogP contribution in [-0.2, 0) is 30.0 Å². The molecule has 1 N–H and O–H groups in total. The van der Waals surface area contributed by atoms with Crippen molar-refractivity contribution < 1.29 is 30.0 Å². The van der Waals surface area contributed by atoms with Gasteiger partial charge in [-0.1, -0.05) is 0 Å². The minimum Gasteiger partial charge on any atom is -0.524 e. The molecule has 0 spiro atoms. The zero-order valence-corrected chi connectivity index (χ0v) is 6.19. The summed E-state index contributed by atoms with van der Waals surface area (Å²) in [5.74, 6) is 0. The van der Waals surface area contributed by atoms with E-state index in [1.165, 1.54) is 6.41 Å². The van der Waals surface area contributed by atoms with Crippen LogP contribution < -0.4 is 5.32 Å². The SMILES string of the molecule is O=[C-]NCC=O.[Re]. The Bertz CT molecular complexity index is 48.9. The molecule has 3 nitrogen and oxygen atoms in total. The van der Waals surface area contributed by atoms with Crippen LogP contribution in [0.4, 0.5) is 0 Å². The maximum absolute atomic E-state index is 9.32. The molecule has 0 aromatic rings. The Morgan fingerprint density at radius 1 is 1.71 bits per heavy atom. The number of carbonyl (C=O) groups excluding carboxylic acids is 2. The van der Waals surface area contributed by atoms with Gasteiger partial charge in [0, 0.05) is 27.0 Å². The smallest absolute Gasteiger partial charge is 0.136 e. The van der Waals surface area contributed by atoms with Crippen LogP contribution in [0.15, 0.2) is 0 Å². The van der Waals surface area contributed by atoms with Gasteiger partial charge in [0.25, 0.3) is 0 Å². The van der Waals surface area contributed by atoms with E-state index in [0.717, 1.165) is 0 Å². The van der Waals surface area contributed by atoms with Crippen molar-refractivity contribution in [3.63, 3.8) is 0 Å². The van der Waals surface area contributed by atoms with Crippen LogP contribution in [-0.4, -0.2) is 19.2 Å². The predicted octanol–water partition coefficient (Wildman–Crippen LogP) is -1.16. The van der Waals surface area contributed by atoms with Gasteiger partial charge in [-0.15, -0.1) is 0 Å². The summed E-state index contributed by atoms with van der Waals surface area (Å²) < 4.78 is 0. The third-order valence-corrected chi connectivity index (χ3v) is 0.258. The summed E-state index contributed by atoms with van der Waals surface area (Å²) in [5.41, 5.74) is 0. The molecular formula is C3H4NO2Re-. The summed E-state index contributed by atoms with van der Waals surface area (Å²) in [6, 6.07) is 0. The van der Waals surface area contributed by atoms with Crippen molar-refractivity contribution in [3.8, 4) is 0 Å². The van der Waals surface area contributed by atoms with Crippen molar-refractivity contribution in [2.45, 2.75) is 0 Å². The maximum atomic E-state index is 9.32. The average molecular weight is 272 g/mol. The molecule has 0 aromatic carbocycles. The van der Waals surface area contributed by atoms with Crippen LogP contribution in [0.1, 0.15) is 0 Å². The Kier molecular flexibility index (Phi) is 13.1. The molecule has 0 heterocycles. The van der Waals surface area contributed by atoms with Crippen molar-refractivity contribution in [1.29, 1.82) is 0 Å². The molecule has 0 saturated carbocycles. The minimum atomic E-state index is 0. The Hall–Kier alpha value is -0.198. The summed E-state index contributed by atoms with van der Waals surface area (Å²) in [6.45, 7) is 0.0590. The largest absolute Gasteiger partial charge is 0.524 e. The molecular weight excluding hydrogens is 268 g/mol. The molecule has 0 aliphatic heterocycles. The molecule has 0 aromatic heterocycles. The van der Waals surface area contributed by atoms with Gasteiger partial charge in [0.05, 0.1) is 0 Å². The number of amides is 1. The fourth-order valence-corrected chi connectivity index (χ4v) is 0.0833.